The molecule has 0 unspecified atom stereocenters. The van der Waals surface area contributed by atoms with Gasteiger partial charge in [0.1, 0.15) is 5.75 Å². The first-order chi connectivity index (χ1) is 5.52. The minimum Gasteiger partial charge on any atom is -0.506 e. The van der Waals surface area contributed by atoms with E-state index < -0.39 is 4.92 Å². The van der Waals surface area contributed by atoms with Gasteiger partial charge < -0.3 is 5.11 Å². The van der Waals surface area contributed by atoms with Crippen LogP contribution in [0.4, 0.5) is 5.69 Å². The third kappa shape index (κ3) is 1.48. The highest BCUT2D eigenvalue weighted by Gasteiger charge is 2.11. The van der Waals surface area contributed by atoms with Gasteiger partial charge in [-0.05, 0) is 12.5 Å². The lowest BCUT2D eigenvalue weighted by Crippen LogP contribution is -1.88. The van der Waals surface area contributed by atoms with Gasteiger partial charge in [-0.2, -0.15) is 0 Å². The topological polar surface area (TPSA) is 63.4 Å². The molecule has 0 atom stereocenters. The Bertz CT molecular complexity index is 314. The molecule has 0 saturated carbocycles. The monoisotopic (exact) mass is 187 g/mol. The van der Waals surface area contributed by atoms with E-state index in [4.69, 9.17) is 16.7 Å². The number of aromatic hydroxyl groups is 1. The smallest absolute Gasteiger partial charge is 0.271 e. The van der Waals surface area contributed by atoms with Gasteiger partial charge in [-0.1, -0.05) is 11.6 Å². The zero-order chi connectivity index (χ0) is 9.30. The molecular weight excluding hydrogens is 182 g/mol. The van der Waals surface area contributed by atoms with Crippen molar-refractivity contribution in [3.63, 3.8) is 0 Å². The van der Waals surface area contributed by atoms with E-state index in [9.17, 15) is 10.1 Å². The minimum absolute atomic E-state index is 0.00157. The normalized spacial score (nSPS) is 9.83. The summed E-state index contributed by atoms with van der Waals surface area (Å²) in [5, 5.41) is 19.4. The summed E-state index contributed by atoms with van der Waals surface area (Å²) in [5.74, 6) is -0.109. The van der Waals surface area contributed by atoms with E-state index in [0.717, 1.165) is 6.07 Å². The molecule has 0 heterocycles. The average molecular weight is 188 g/mol. The quantitative estimate of drug-likeness (QED) is 0.542. The number of nitro groups is 1. The molecule has 1 rings (SSSR count). The number of nitro benzene ring substituents is 1. The number of rotatable bonds is 1. The molecule has 4 nitrogen and oxygen atoms in total. The first-order valence-corrected chi connectivity index (χ1v) is 3.53. The van der Waals surface area contributed by atoms with Crippen molar-refractivity contribution >= 4 is 17.3 Å². The number of phenolic OH excluding ortho intramolecular Hbond substituents is 1. The Morgan fingerprint density at radius 3 is 2.58 bits per heavy atom. The van der Waals surface area contributed by atoms with Gasteiger partial charge in [0.2, 0.25) is 0 Å². The Morgan fingerprint density at radius 1 is 1.58 bits per heavy atom. The first kappa shape index (κ1) is 8.80. The number of non-ortho nitro benzene ring substituents is 1. The summed E-state index contributed by atoms with van der Waals surface area (Å²) < 4.78 is 0. The lowest BCUT2D eigenvalue weighted by Gasteiger charge is -1.99. The van der Waals surface area contributed by atoms with E-state index in [-0.39, 0.29) is 16.5 Å². The summed E-state index contributed by atoms with van der Waals surface area (Å²) in [6.45, 7) is 1.55. The van der Waals surface area contributed by atoms with Crippen LogP contribution in [0.3, 0.4) is 0 Å². The van der Waals surface area contributed by atoms with Crippen LogP contribution in [-0.4, -0.2) is 10.0 Å². The number of hydrogen-bond acceptors (Lipinski definition) is 3. The Morgan fingerprint density at radius 2 is 2.17 bits per heavy atom. The van der Waals surface area contributed by atoms with Gasteiger partial charge in [0, 0.05) is 12.1 Å². The van der Waals surface area contributed by atoms with Crippen molar-refractivity contribution in [3.8, 4) is 5.75 Å². The number of hydrogen-bond donors (Lipinski definition) is 1. The molecule has 12 heavy (non-hydrogen) atoms. The average Bonchev–Trinajstić information content (AvgIpc) is 1.99. The van der Waals surface area contributed by atoms with Crippen LogP contribution >= 0.6 is 11.6 Å². The van der Waals surface area contributed by atoms with Gasteiger partial charge >= 0.3 is 0 Å². The molecule has 1 aromatic carbocycles. The Labute approximate surface area is 73.5 Å². The lowest BCUT2D eigenvalue weighted by molar-refractivity contribution is -0.384. The molecule has 0 amide bonds. The number of halogens is 1. The van der Waals surface area contributed by atoms with Crippen LogP contribution in [0, 0.1) is 17.0 Å². The predicted octanol–water partition coefficient (Wildman–Crippen LogP) is 2.26. The second kappa shape index (κ2) is 2.98. The van der Waals surface area contributed by atoms with Crippen molar-refractivity contribution in [1.29, 1.82) is 0 Å². The van der Waals surface area contributed by atoms with Crippen molar-refractivity contribution in [1.82, 2.24) is 0 Å². The van der Waals surface area contributed by atoms with Crippen LogP contribution in [0.5, 0.6) is 5.75 Å². The highest BCUT2D eigenvalue weighted by Crippen LogP contribution is 2.31. The van der Waals surface area contributed by atoms with E-state index in [2.05, 4.69) is 0 Å². The standard InChI is InChI=1S/C7H6ClNO3/c1-4-2-5(9(11)12)3-6(8)7(4)10/h2-3,10H,1H3. The molecule has 64 valence electrons. The van der Waals surface area contributed by atoms with E-state index in [0.29, 0.717) is 5.56 Å². The summed E-state index contributed by atoms with van der Waals surface area (Å²) in [7, 11) is 0. The number of phenols is 1. The van der Waals surface area contributed by atoms with Crippen LogP contribution in [0.25, 0.3) is 0 Å². The zero-order valence-corrected chi connectivity index (χ0v) is 7.00. The highest BCUT2D eigenvalue weighted by molar-refractivity contribution is 6.32. The van der Waals surface area contributed by atoms with Crippen molar-refractivity contribution in [2.75, 3.05) is 0 Å². The first-order valence-electron chi connectivity index (χ1n) is 3.16. The lowest BCUT2D eigenvalue weighted by atomic mass is 10.2. The van der Waals surface area contributed by atoms with E-state index in [1.54, 1.807) is 6.92 Å². The summed E-state index contributed by atoms with van der Waals surface area (Å²) in [4.78, 5) is 9.72. The predicted molar refractivity (Wildman–Crippen MR) is 44.5 cm³/mol. The molecular formula is C7H6ClNO3. The fraction of sp³-hybridized carbons (Fsp3) is 0.143. The van der Waals surface area contributed by atoms with Crippen LogP contribution in [0.2, 0.25) is 5.02 Å². The Kier molecular flexibility index (Phi) is 2.19. The molecule has 0 fully saturated rings. The second-order valence-corrected chi connectivity index (χ2v) is 2.76. The van der Waals surface area contributed by atoms with Gasteiger partial charge in [0.05, 0.1) is 9.95 Å². The number of nitrogens with zero attached hydrogens (tertiary/aromatic N) is 1. The summed E-state index contributed by atoms with van der Waals surface area (Å²) in [6, 6.07) is 2.38. The Hall–Kier alpha value is -1.29. The fourth-order valence-corrected chi connectivity index (χ4v) is 1.08. The van der Waals surface area contributed by atoms with Crippen molar-refractivity contribution in [3.05, 3.63) is 32.8 Å². The molecule has 1 N–H and O–H groups in total. The van der Waals surface area contributed by atoms with E-state index in [1.807, 2.05) is 0 Å². The molecule has 0 spiro atoms. The molecule has 0 bridgehead atoms. The summed E-state index contributed by atoms with van der Waals surface area (Å²) >= 11 is 5.51. The molecule has 0 aromatic heterocycles. The largest absolute Gasteiger partial charge is 0.506 e. The van der Waals surface area contributed by atoms with Crippen LogP contribution in [-0.2, 0) is 0 Å². The minimum atomic E-state index is -0.557. The van der Waals surface area contributed by atoms with Gasteiger partial charge in [0.15, 0.2) is 0 Å². The molecule has 0 saturated heterocycles. The third-order valence-electron chi connectivity index (χ3n) is 1.45. The molecule has 5 heteroatoms. The zero-order valence-electron chi connectivity index (χ0n) is 6.24. The molecule has 0 radical (unpaired) electrons. The molecule has 1 aromatic rings. The molecule has 0 aliphatic carbocycles. The van der Waals surface area contributed by atoms with Gasteiger partial charge in [-0.25, -0.2) is 0 Å². The van der Waals surface area contributed by atoms with Crippen LogP contribution < -0.4 is 0 Å². The highest BCUT2D eigenvalue weighted by atomic mass is 35.5. The Balaban J connectivity index is 3.31. The van der Waals surface area contributed by atoms with Crippen LogP contribution in [0.1, 0.15) is 5.56 Å². The third-order valence-corrected chi connectivity index (χ3v) is 1.74. The fourth-order valence-electron chi connectivity index (χ4n) is 0.824. The summed E-state index contributed by atoms with van der Waals surface area (Å²) in [6.07, 6.45) is 0. The van der Waals surface area contributed by atoms with Crippen molar-refractivity contribution < 1.29 is 10.0 Å². The van der Waals surface area contributed by atoms with Crippen LogP contribution in [0.15, 0.2) is 12.1 Å². The SMILES string of the molecule is Cc1cc([N+](=O)[O-])cc(Cl)c1O. The number of aryl methyl sites for hydroxylation is 1. The summed E-state index contributed by atoms with van der Waals surface area (Å²) in [5.41, 5.74) is 0.282. The van der Waals surface area contributed by atoms with Gasteiger partial charge in [-0.15, -0.1) is 0 Å². The number of benzene rings is 1. The molecule has 0 aliphatic heterocycles. The maximum atomic E-state index is 10.3. The van der Waals surface area contributed by atoms with E-state index in [1.165, 1.54) is 6.07 Å². The maximum absolute atomic E-state index is 10.3. The van der Waals surface area contributed by atoms with Gasteiger partial charge in [-0.3, -0.25) is 10.1 Å². The molecule has 0 aliphatic rings. The maximum Gasteiger partial charge on any atom is 0.271 e. The van der Waals surface area contributed by atoms with Crippen molar-refractivity contribution in [2.24, 2.45) is 0 Å². The second-order valence-electron chi connectivity index (χ2n) is 2.35. The van der Waals surface area contributed by atoms with Crippen molar-refractivity contribution in [2.45, 2.75) is 6.92 Å². The van der Waals surface area contributed by atoms with E-state index >= 15 is 0 Å². The van der Waals surface area contributed by atoms with Gasteiger partial charge in [0.25, 0.3) is 5.69 Å².